The molecule has 66 valence electrons. The maximum Gasteiger partial charge on any atom is 0.0890 e. The molecule has 1 rings (SSSR count). The molecule has 2 nitrogen and oxygen atoms in total. The minimum Gasteiger partial charge on any atom is -0.362 e. The molecule has 0 radical (unpaired) electrons. The van der Waals surface area contributed by atoms with Gasteiger partial charge >= 0.3 is 0 Å². The Balaban J connectivity index is 0.000001000. The molecule has 0 spiro atoms. The van der Waals surface area contributed by atoms with Gasteiger partial charge in [-0.25, -0.2) is 0 Å². The summed E-state index contributed by atoms with van der Waals surface area (Å²) in [6, 6.07) is 0. The van der Waals surface area contributed by atoms with Crippen molar-refractivity contribution in [3.8, 4) is 0 Å². The molecule has 0 N–H and O–H groups in total. The Morgan fingerprint density at radius 3 is 2.55 bits per heavy atom. The molecule has 0 unspecified atom stereocenters. The number of nitrogens with zero attached hydrogens (tertiary/aromatic N) is 2. The highest BCUT2D eigenvalue weighted by Gasteiger charge is 2.05. The Morgan fingerprint density at radius 1 is 1.36 bits per heavy atom. The minimum absolute atomic E-state index is 0. The van der Waals surface area contributed by atoms with Gasteiger partial charge in [-0.1, -0.05) is 13.3 Å². The molecule has 1 heterocycles. The Labute approximate surface area is 76.3 Å². The highest BCUT2D eigenvalue weighted by atomic mass is 32.1. The van der Waals surface area contributed by atoms with Crippen molar-refractivity contribution in [1.29, 1.82) is 0 Å². The lowest BCUT2D eigenvalue weighted by Crippen LogP contribution is -2.23. The number of unbranched alkanes of at least 4 members (excludes halogenated alkanes) is 1. The fourth-order valence-electron chi connectivity index (χ4n) is 1.10. The summed E-state index contributed by atoms with van der Waals surface area (Å²) in [6.45, 7) is 4.50. The second-order valence-corrected chi connectivity index (χ2v) is 2.86. The summed E-state index contributed by atoms with van der Waals surface area (Å²) in [5, 5.41) is 0. The summed E-state index contributed by atoms with van der Waals surface area (Å²) in [5.74, 6) is 0. The summed E-state index contributed by atoms with van der Waals surface area (Å²) >= 11 is 0. The highest BCUT2D eigenvalue weighted by Crippen LogP contribution is 2.04. The van der Waals surface area contributed by atoms with E-state index in [9.17, 15) is 0 Å². The van der Waals surface area contributed by atoms with Crippen molar-refractivity contribution in [1.82, 2.24) is 9.80 Å². The summed E-state index contributed by atoms with van der Waals surface area (Å²) in [7, 11) is 2.10. The summed E-state index contributed by atoms with van der Waals surface area (Å²) in [5.41, 5.74) is 0. The average molecular weight is 174 g/mol. The van der Waals surface area contributed by atoms with E-state index in [2.05, 4.69) is 36.2 Å². The predicted molar refractivity (Wildman–Crippen MR) is 53.8 cm³/mol. The van der Waals surface area contributed by atoms with Crippen LogP contribution in [0.5, 0.6) is 0 Å². The first kappa shape index (κ1) is 10.7. The maximum atomic E-state index is 2.34. The summed E-state index contributed by atoms with van der Waals surface area (Å²) < 4.78 is 0. The van der Waals surface area contributed by atoms with Gasteiger partial charge in [0.05, 0.1) is 6.67 Å². The van der Waals surface area contributed by atoms with E-state index in [-0.39, 0.29) is 13.5 Å². The third-order valence-corrected chi connectivity index (χ3v) is 1.74. The molecule has 3 heteroatoms. The predicted octanol–water partition coefficient (Wildman–Crippen LogP) is 1.58. The SMILES string of the molecule is CCCCN1C=CN(C)C1.S. The van der Waals surface area contributed by atoms with Crippen molar-refractivity contribution in [3.63, 3.8) is 0 Å². The molecule has 0 amide bonds. The van der Waals surface area contributed by atoms with Crippen molar-refractivity contribution >= 4 is 13.5 Å². The van der Waals surface area contributed by atoms with Gasteiger partial charge in [0.15, 0.2) is 0 Å². The molecular formula is C8H18N2S. The van der Waals surface area contributed by atoms with Gasteiger partial charge < -0.3 is 9.80 Å². The molecule has 1 aliphatic heterocycles. The van der Waals surface area contributed by atoms with E-state index in [4.69, 9.17) is 0 Å². The van der Waals surface area contributed by atoms with Crippen LogP contribution in [0.25, 0.3) is 0 Å². The van der Waals surface area contributed by atoms with Crippen molar-refractivity contribution < 1.29 is 0 Å². The summed E-state index contributed by atoms with van der Waals surface area (Å²) in [6.07, 6.45) is 6.87. The van der Waals surface area contributed by atoms with Crippen molar-refractivity contribution in [2.24, 2.45) is 0 Å². The Bertz CT molecular complexity index is 125. The minimum atomic E-state index is 0. The second-order valence-electron chi connectivity index (χ2n) is 2.86. The molecule has 0 saturated heterocycles. The first-order valence-corrected chi connectivity index (χ1v) is 3.95. The monoisotopic (exact) mass is 174 g/mol. The van der Waals surface area contributed by atoms with Crippen molar-refractivity contribution in [2.45, 2.75) is 19.8 Å². The quantitative estimate of drug-likeness (QED) is 0.641. The van der Waals surface area contributed by atoms with Crippen LogP contribution in [0.15, 0.2) is 12.4 Å². The van der Waals surface area contributed by atoms with Crippen LogP contribution in [0, 0.1) is 0 Å². The molecule has 0 aromatic rings. The Hall–Kier alpha value is -0.310. The number of hydrogen-bond acceptors (Lipinski definition) is 2. The molecule has 0 aliphatic carbocycles. The standard InChI is InChI=1S/C8H16N2.H2S/c1-3-4-5-10-7-6-9(2)8-10;/h6-7H,3-5,8H2,1-2H3;1H2. The molecule has 1 aliphatic rings. The largest absolute Gasteiger partial charge is 0.362 e. The van der Waals surface area contributed by atoms with Crippen LogP contribution in [0.3, 0.4) is 0 Å². The zero-order valence-corrected chi connectivity index (χ0v) is 8.38. The van der Waals surface area contributed by atoms with E-state index < -0.39 is 0 Å². The lowest BCUT2D eigenvalue weighted by Gasteiger charge is -2.17. The zero-order valence-electron chi connectivity index (χ0n) is 7.38. The van der Waals surface area contributed by atoms with Crippen LogP contribution < -0.4 is 0 Å². The van der Waals surface area contributed by atoms with Gasteiger partial charge in [0, 0.05) is 26.0 Å². The van der Waals surface area contributed by atoms with E-state index in [0.717, 1.165) is 6.67 Å². The average Bonchev–Trinajstić information content (AvgIpc) is 2.31. The van der Waals surface area contributed by atoms with E-state index in [1.807, 2.05) is 0 Å². The lowest BCUT2D eigenvalue weighted by molar-refractivity contribution is 0.293. The molecule has 0 aromatic heterocycles. The van der Waals surface area contributed by atoms with Crippen LogP contribution >= 0.6 is 13.5 Å². The van der Waals surface area contributed by atoms with Gasteiger partial charge in [-0.2, -0.15) is 13.5 Å². The fourth-order valence-corrected chi connectivity index (χ4v) is 1.10. The molecule has 11 heavy (non-hydrogen) atoms. The number of rotatable bonds is 3. The van der Waals surface area contributed by atoms with Gasteiger partial charge in [-0.05, 0) is 6.42 Å². The van der Waals surface area contributed by atoms with Crippen LogP contribution in [-0.2, 0) is 0 Å². The molecule has 0 bridgehead atoms. The van der Waals surface area contributed by atoms with Crippen molar-refractivity contribution in [2.75, 3.05) is 20.3 Å². The highest BCUT2D eigenvalue weighted by molar-refractivity contribution is 7.59. The molecular weight excluding hydrogens is 156 g/mol. The smallest absolute Gasteiger partial charge is 0.0890 e. The Kier molecular flexibility index (Phi) is 5.20. The first-order chi connectivity index (χ1) is 4.83. The Morgan fingerprint density at radius 2 is 2.09 bits per heavy atom. The van der Waals surface area contributed by atoms with Gasteiger partial charge in [-0.3, -0.25) is 0 Å². The normalized spacial score (nSPS) is 15.5. The van der Waals surface area contributed by atoms with E-state index in [1.54, 1.807) is 0 Å². The van der Waals surface area contributed by atoms with Crippen LogP contribution in [-0.4, -0.2) is 30.1 Å². The van der Waals surface area contributed by atoms with Gasteiger partial charge in [-0.15, -0.1) is 0 Å². The number of hydrogen-bond donors (Lipinski definition) is 0. The maximum absolute atomic E-state index is 2.34. The zero-order chi connectivity index (χ0) is 7.40. The van der Waals surface area contributed by atoms with Crippen molar-refractivity contribution in [3.05, 3.63) is 12.4 Å². The van der Waals surface area contributed by atoms with E-state index in [1.165, 1.54) is 19.4 Å². The molecule has 0 aromatic carbocycles. The topological polar surface area (TPSA) is 6.48 Å². The summed E-state index contributed by atoms with van der Waals surface area (Å²) in [4.78, 5) is 4.53. The molecule has 0 saturated carbocycles. The molecule has 0 fully saturated rings. The fraction of sp³-hybridized carbons (Fsp3) is 0.750. The van der Waals surface area contributed by atoms with Gasteiger partial charge in [0.1, 0.15) is 0 Å². The van der Waals surface area contributed by atoms with E-state index >= 15 is 0 Å². The third-order valence-electron chi connectivity index (χ3n) is 1.74. The third kappa shape index (κ3) is 3.56. The van der Waals surface area contributed by atoms with Crippen LogP contribution in [0.2, 0.25) is 0 Å². The van der Waals surface area contributed by atoms with Crippen LogP contribution in [0.4, 0.5) is 0 Å². The molecule has 0 atom stereocenters. The van der Waals surface area contributed by atoms with Gasteiger partial charge in [0.2, 0.25) is 0 Å². The van der Waals surface area contributed by atoms with E-state index in [0.29, 0.717) is 0 Å². The second kappa shape index (κ2) is 5.35. The van der Waals surface area contributed by atoms with Gasteiger partial charge in [0.25, 0.3) is 0 Å². The first-order valence-electron chi connectivity index (χ1n) is 3.95. The van der Waals surface area contributed by atoms with Crippen LogP contribution in [0.1, 0.15) is 19.8 Å². The lowest BCUT2D eigenvalue weighted by atomic mass is 10.3.